The van der Waals surface area contributed by atoms with E-state index in [9.17, 15) is 0 Å². The monoisotopic (exact) mass is 267 g/mol. The largest absolute Gasteiger partial charge is 0.378 e. The Labute approximate surface area is 122 Å². The Morgan fingerprint density at radius 1 is 0.850 bits per heavy atom. The number of nitrogens with zero attached hydrogens (tertiary/aromatic N) is 2. The third-order valence-corrected chi connectivity index (χ3v) is 3.40. The lowest BCUT2D eigenvalue weighted by atomic mass is 10.0. The van der Waals surface area contributed by atoms with Gasteiger partial charge < -0.3 is 9.80 Å². The van der Waals surface area contributed by atoms with Gasteiger partial charge in [-0.15, -0.1) is 0 Å². The SMILES string of the molecule is CN(C)c1cccc(C[CH]c2ccccc2N(C)C)c1. The number of anilines is 2. The van der Waals surface area contributed by atoms with Gasteiger partial charge in [0.25, 0.3) is 0 Å². The van der Waals surface area contributed by atoms with Crippen molar-refractivity contribution in [1.82, 2.24) is 0 Å². The lowest BCUT2D eigenvalue weighted by molar-refractivity contribution is 1.08. The van der Waals surface area contributed by atoms with Crippen LogP contribution >= 0.6 is 0 Å². The van der Waals surface area contributed by atoms with Crippen LogP contribution in [0.3, 0.4) is 0 Å². The average Bonchev–Trinajstić information content (AvgIpc) is 2.45. The highest BCUT2D eigenvalue weighted by Gasteiger charge is 2.05. The standard InChI is InChI=1S/C18H23N2/c1-19(2)17-10-7-8-15(14-17)12-13-16-9-5-6-11-18(16)20(3)4/h5-11,13-14H,12H2,1-4H3. The van der Waals surface area contributed by atoms with E-state index in [0.717, 1.165) is 6.42 Å². The molecule has 0 saturated carbocycles. The van der Waals surface area contributed by atoms with Crippen molar-refractivity contribution >= 4 is 11.4 Å². The van der Waals surface area contributed by atoms with E-state index in [-0.39, 0.29) is 0 Å². The Balaban J connectivity index is 2.11. The number of hydrogen-bond donors (Lipinski definition) is 0. The van der Waals surface area contributed by atoms with Gasteiger partial charge >= 0.3 is 0 Å². The van der Waals surface area contributed by atoms with Crippen LogP contribution in [0.1, 0.15) is 11.1 Å². The molecule has 2 heteroatoms. The van der Waals surface area contributed by atoms with Gasteiger partial charge in [-0.25, -0.2) is 0 Å². The number of para-hydroxylation sites is 1. The van der Waals surface area contributed by atoms with E-state index in [1.54, 1.807) is 0 Å². The minimum atomic E-state index is 0.951. The summed E-state index contributed by atoms with van der Waals surface area (Å²) in [6, 6.07) is 17.2. The Bertz CT molecular complexity index is 559. The summed E-state index contributed by atoms with van der Waals surface area (Å²) in [5.41, 5.74) is 5.13. The first kappa shape index (κ1) is 14.4. The lowest BCUT2D eigenvalue weighted by Gasteiger charge is -2.17. The van der Waals surface area contributed by atoms with Crippen LogP contribution in [0.25, 0.3) is 0 Å². The zero-order chi connectivity index (χ0) is 14.5. The van der Waals surface area contributed by atoms with Gasteiger partial charge in [0.15, 0.2) is 0 Å². The molecule has 0 saturated heterocycles. The predicted octanol–water partition coefficient (Wildman–Crippen LogP) is 3.61. The molecule has 0 aliphatic heterocycles. The van der Waals surface area contributed by atoms with E-state index in [1.165, 1.54) is 22.5 Å². The molecule has 2 rings (SSSR count). The van der Waals surface area contributed by atoms with Crippen molar-refractivity contribution in [3.63, 3.8) is 0 Å². The first-order chi connectivity index (χ1) is 9.58. The molecular formula is C18H23N2. The predicted molar refractivity (Wildman–Crippen MR) is 88.6 cm³/mol. The lowest BCUT2D eigenvalue weighted by Crippen LogP contribution is -2.11. The third-order valence-electron chi connectivity index (χ3n) is 3.40. The molecular weight excluding hydrogens is 244 g/mol. The van der Waals surface area contributed by atoms with Crippen molar-refractivity contribution in [3.05, 3.63) is 66.1 Å². The molecule has 2 aromatic carbocycles. The summed E-state index contributed by atoms with van der Waals surface area (Å²) in [4.78, 5) is 4.29. The fourth-order valence-corrected chi connectivity index (χ4v) is 2.26. The first-order valence-corrected chi connectivity index (χ1v) is 6.94. The summed E-state index contributed by atoms with van der Waals surface area (Å²) in [5, 5.41) is 0. The summed E-state index contributed by atoms with van der Waals surface area (Å²) >= 11 is 0. The topological polar surface area (TPSA) is 6.48 Å². The van der Waals surface area contributed by atoms with E-state index in [4.69, 9.17) is 0 Å². The molecule has 2 aromatic rings. The smallest absolute Gasteiger partial charge is 0.0396 e. The van der Waals surface area contributed by atoms with E-state index < -0.39 is 0 Å². The van der Waals surface area contributed by atoms with Gasteiger partial charge in [0.1, 0.15) is 0 Å². The molecule has 0 aliphatic rings. The molecule has 0 N–H and O–H groups in total. The molecule has 0 unspecified atom stereocenters. The molecule has 0 fully saturated rings. The zero-order valence-electron chi connectivity index (χ0n) is 12.8. The van der Waals surface area contributed by atoms with Gasteiger partial charge in [-0.3, -0.25) is 0 Å². The van der Waals surface area contributed by atoms with Crippen LogP contribution in [-0.2, 0) is 6.42 Å². The highest BCUT2D eigenvalue weighted by Crippen LogP contribution is 2.22. The number of benzene rings is 2. The van der Waals surface area contributed by atoms with Crippen LogP contribution in [0.4, 0.5) is 11.4 Å². The van der Waals surface area contributed by atoms with E-state index in [2.05, 4.69) is 92.9 Å². The van der Waals surface area contributed by atoms with Gasteiger partial charge in [0.2, 0.25) is 0 Å². The van der Waals surface area contributed by atoms with Crippen molar-refractivity contribution in [3.8, 4) is 0 Å². The Hall–Kier alpha value is -1.96. The molecule has 2 nitrogen and oxygen atoms in total. The second-order valence-electron chi connectivity index (χ2n) is 5.43. The second kappa shape index (κ2) is 6.47. The van der Waals surface area contributed by atoms with E-state index >= 15 is 0 Å². The highest BCUT2D eigenvalue weighted by molar-refractivity contribution is 5.56. The number of hydrogen-bond acceptors (Lipinski definition) is 2. The van der Waals surface area contributed by atoms with Crippen molar-refractivity contribution < 1.29 is 0 Å². The molecule has 20 heavy (non-hydrogen) atoms. The minimum absolute atomic E-state index is 0.951. The quantitative estimate of drug-likeness (QED) is 0.816. The van der Waals surface area contributed by atoms with Crippen molar-refractivity contribution in [2.24, 2.45) is 0 Å². The first-order valence-electron chi connectivity index (χ1n) is 6.94. The molecule has 0 atom stereocenters. The molecule has 0 bridgehead atoms. The number of rotatable bonds is 5. The van der Waals surface area contributed by atoms with Crippen LogP contribution in [0.5, 0.6) is 0 Å². The minimum Gasteiger partial charge on any atom is -0.378 e. The molecule has 0 amide bonds. The van der Waals surface area contributed by atoms with Crippen molar-refractivity contribution in [2.45, 2.75) is 6.42 Å². The summed E-state index contributed by atoms with van der Waals surface area (Å²) < 4.78 is 0. The molecule has 105 valence electrons. The Morgan fingerprint density at radius 2 is 1.60 bits per heavy atom. The second-order valence-corrected chi connectivity index (χ2v) is 5.43. The zero-order valence-corrected chi connectivity index (χ0v) is 12.8. The summed E-state index contributed by atoms with van der Waals surface area (Å²) in [6.07, 6.45) is 3.25. The van der Waals surface area contributed by atoms with Crippen LogP contribution in [0.2, 0.25) is 0 Å². The maximum atomic E-state index is 2.30. The summed E-state index contributed by atoms with van der Waals surface area (Å²) in [7, 11) is 8.31. The van der Waals surface area contributed by atoms with Crippen molar-refractivity contribution in [1.29, 1.82) is 0 Å². The molecule has 1 radical (unpaired) electrons. The molecule has 0 heterocycles. The van der Waals surface area contributed by atoms with Crippen LogP contribution in [0, 0.1) is 6.42 Å². The fraction of sp³-hybridized carbons (Fsp3) is 0.278. The summed E-state index contributed by atoms with van der Waals surface area (Å²) in [5.74, 6) is 0. The van der Waals surface area contributed by atoms with Gasteiger partial charge in [-0.1, -0.05) is 30.3 Å². The highest BCUT2D eigenvalue weighted by atomic mass is 15.1. The average molecular weight is 267 g/mol. The third kappa shape index (κ3) is 3.53. The fourth-order valence-electron chi connectivity index (χ4n) is 2.26. The molecule has 0 aromatic heterocycles. The normalized spacial score (nSPS) is 10.4. The van der Waals surface area contributed by atoms with Crippen LogP contribution < -0.4 is 9.80 Å². The molecule has 0 aliphatic carbocycles. The summed E-state index contributed by atoms with van der Waals surface area (Å²) in [6.45, 7) is 0. The van der Waals surface area contributed by atoms with E-state index in [1.807, 2.05) is 0 Å². The Kier molecular flexibility index (Phi) is 4.67. The Morgan fingerprint density at radius 3 is 2.30 bits per heavy atom. The van der Waals surface area contributed by atoms with E-state index in [0.29, 0.717) is 0 Å². The van der Waals surface area contributed by atoms with Gasteiger partial charge in [0.05, 0.1) is 0 Å². The van der Waals surface area contributed by atoms with Gasteiger partial charge in [-0.2, -0.15) is 0 Å². The van der Waals surface area contributed by atoms with Crippen LogP contribution in [0.15, 0.2) is 48.5 Å². The van der Waals surface area contributed by atoms with Gasteiger partial charge in [-0.05, 0) is 42.2 Å². The van der Waals surface area contributed by atoms with Crippen molar-refractivity contribution in [2.75, 3.05) is 38.0 Å². The van der Waals surface area contributed by atoms with Gasteiger partial charge in [0, 0.05) is 39.6 Å². The maximum Gasteiger partial charge on any atom is 0.0396 e. The molecule has 0 spiro atoms. The van der Waals surface area contributed by atoms with Crippen LogP contribution in [-0.4, -0.2) is 28.2 Å². The maximum absolute atomic E-state index is 2.30.